The highest BCUT2D eigenvalue weighted by molar-refractivity contribution is 6.32. The van der Waals surface area contributed by atoms with Crippen molar-refractivity contribution in [3.63, 3.8) is 0 Å². The molecule has 2 amide bonds. The topological polar surface area (TPSA) is 80.5 Å². The lowest BCUT2D eigenvalue weighted by atomic mass is 9.88. The van der Waals surface area contributed by atoms with E-state index in [1.807, 2.05) is 0 Å². The van der Waals surface area contributed by atoms with Crippen LogP contribution in [0.5, 0.6) is 0 Å². The summed E-state index contributed by atoms with van der Waals surface area (Å²) >= 11 is 0. The average Bonchev–Trinajstić information content (AvgIpc) is 3.28. The lowest BCUT2D eigenvalue weighted by Crippen LogP contribution is -2.32. The minimum Gasteiger partial charge on any atom is -0.273 e. The third-order valence-corrected chi connectivity index (χ3v) is 5.72. The van der Waals surface area contributed by atoms with Crippen LogP contribution in [0.15, 0.2) is 47.5 Å². The monoisotopic (exact) mass is 334 g/mol. The molecule has 5 rings (SSSR count). The number of carbonyl (C=O) groups is 2. The van der Waals surface area contributed by atoms with Crippen molar-refractivity contribution >= 4 is 34.0 Å². The summed E-state index contributed by atoms with van der Waals surface area (Å²) in [5.41, 5.74) is 2.23. The van der Waals surface area contributed by atoms with Crippen LogP contribution in [0, 0.1) is 22.0 Å². The van der Waals surface area contributed by atoms with E-state index in [-0.39, 0.29) is 29.3 Å². The van der Waals surface area contributed by atoms with E-state index in [1.54, 1.807) is 24.3 Å². The molecule has 2 unspecified atom stereocenters. The highest BCUT2D eigenvalue weighted by atomic mass is 16.6. The Labute approximate surface area is 142 Å². The third-order valence-electron chi connectivity index (χ3n) is 5.72. The van der Waals surface area contributed by atoms with E-state index in [4.69, 9.17) is 0 Å². The predicted octanol–water partition coefficient (Wildman–Crippen LogP) is 3.35. The Kier molecular flexibility index (Phi) is 2.72. The maximum atomic E-state index is 13.0. The van der Waals surface area contributed by atoms with Crippen LogP contribution in [0.1, 0.15) is 19.3 Å². The van der Waals surface area contributed by atoms with Gasteiger partial charge < -0.3 is 0 Å². The summed E-state index contributed by atoms with van der Waals surface area (Å²) in [6.45, 7) is 0. The Hall–Kier alpha value is -3.02. The molecule has 124 valence electrons. The maximum Gasteiger partial charge on any atom is 0.277 e. The van der Waals surface area contributed by atoms with Gasteiger partial charge >= 0.3 is 0 Å². The molecule has 2 aromatic carbocycles. The number of allylic oxidation sites excluding steroid dienone is 1. The number of hydrogen-bond donors (Lipinski definition) is 0. The molecule has 1 heterocycles. The van der Waals surface area contributed by atoms with Crippen LogP contribution >= 0.6 is 0 Å². The number of carbonyl (C=O) groups excluding carboxylic acids is 2. The number of amides is 2. The van der Waals surface area contributed by atoms with Crippen LogP contribution in [0.25, 0.3) is 10.8 Å². The molecule has 2 aromatic rings. The second-order valence-corrected chi connectivity index (χ2v) is 6.88. The van der Waals surface area contributed by atoms with Crippen LogP contribution in [0.3, 0.4) is 0 Å². The summed E-state index contributed by atoms with van der Waals surface area (Å²) in [5.74, 6) is -0.495. The van der Waals surface area contributed by atoms with Gasteiger partial charge in [0.1, 0.15) is 0 Å². The molecule has 2 atom stereocenters. The lowest BCUT2D eigenvalue weighted by molar-refractivity contribution is -0.383. The highest BCUT2D eigenvalue weighted by Gasteiger charge is 2.54. The summed E-state index contributed by atoms with van der Waals surface area (Å²) in [7, 11) is 0. The molecule has 0 aromatic heterocycles. The number of imide groups is 1. The Bertz CT molecular complexity index is 1020. The first-order valence-electron chi connectivity index (χ1n) is 8.34. The fourth-order valence-corrected chi connectivity index (χ4v) is 4.68. The summed E-state index contributed by atoms with van der Waals surface area (Å²) in [6, 6.07) is 9.73. The predicted molar refractivity (Wildman–Crippen MR) is 91.0 cm³/mol. The average molecular weight is 334 g/mol. The molecule has 1 aliphatic heterocycles. The number of fused-ring (bicyclic) bond motifs is 5. The number of nitrogens with zero attached hydrogens (tertiary/aromatic N) is 2. The Morgan fingerprint density at radius 1 is 1.08 bits per heavy atom. The Morgan fingerprint density at radius 2 is 1.84 bits per heavy atom. The van der Waals surface area contributed by atoms with Gasteiger partial charge in [-0.25, -0.2) is 4.90 Å². The first kappa shape index (κ1) is 14.3. The standard InChI is InChI=1S/C19H14N2O4/c22-18-16-10-5-6-11(9-10)17(16)19(23)20(18)14-7-8-15(21(24)25)13-4-2-1-3-12(13)14/h1-4,7-8,10,16H,5-6,9H2. The molecule has 2 fully saturated rings. The molecular formula is C19H14N2O4. The zero-order valence-electron chi connectivity index (χ0n) is 13.3. The van der Waals surface area contributed by atoms with Crippen LogP contribution < -0.4 is 4.90 Å². The van der Waals surface area contributed by atoms with Gasteiger partial charge in [-0.15, -0.1) is 0 Å². The Balaban J connectivity index is 1.72. The molecule has 0 radical (unpaired) electrons. The number of anilines is 1. The van der Waals surface area contributed by atoms with Crippen molar-refractivity contribution in [2.45, 2.75) is 19.3 Å². The number of benzene rings is 2. The number of non-ortho nitro benzene ring substituents is 1. The molecule has 0 spiro atoms. The van der Waals surface area contributed by atoms with E-state index in [0.717, 1.165) is 24.8 Å². The molecule has 2 aliphatic carbocycles. The van der Waals surface area contributed by atoms with Gasteiger partial charge in [0.05, 0.1) is 21.9 Å². The quantitative estimate of drug-likeness (QED) is 0.479. The van der Waals surface area contributed by atoms with Crippen LogP contribution in [-0.4, -0.2) is 16.7 Å². The summed E-state index contributed by atoms with van der Waals surface area (Å²) < 4.78 is 0. The largest absolute Gasteiger partial charge is 0.277 e. The third kappa shape index (κ3) is 1.74. The van der Waals surface area contributed by atoms with Crippen molar-refractivity contribution in [3.8, 4) is 0 Å². The molecule has 6 nitrogen and oxygen atoms in total. The molecule has 0 N–H and O–H groups in total. The number of rotatable bonds is 2. The summed E-state index contributed by atoms with van der Waals surface area (Å²) in [4.78, 5) is 38.0. The van der Waals surface area contributed by atoms with Crippen molar-refractivity contribution in [1.29, 1.82) is 0 Å². The minimum absolute atomic E-state index is 0.0271. The van der Waals surface area contributed by atoms with E-state index in [2.05, 4.69) is 0 Å². The van der Waals surface area contributed by atoms with Crippen molar-refractivity contribution < 1.29 is 14.5 Å². The van der Waals surface area contributed by atoms with Crippen molar-refractivity contribution in [2.24, 2.45) is 11.8 Å². The fourth-order valence-electron chi connectivity index (χ4n) is 4.68. The molecule has 3 aliphatic rings. The van der Waals surface area contributed by atoms with E-state index >= 15 is 0 Å². The minimum atomic E-state index is -0.445. The fraction of sp³-hybridized carbons (Fsp3) is 0.263. The Morgan fingerprint density at radius 3 is 2.56 bits per heavy atom. The zero-order valence-corrected chi connectivity index (χ0v) is 13.3. The van der Waals surface area contributed by atoms with E-state index in [9.17, 15) is 19.7 Å². The van der Waals surface area contributed by atoms with Crippen molar-refractivity contribution in [2.75, 3.05) is 4.90 Å². The van der Waals surface area contributed by atoms with Crippen molar-refractivity contribution in [1.82, 2.24) is 0 Å². The van der Waals surface area contributed by atoms with Gasteiger partial charge in [-0.1, -0.05) is 23.8 Å². The first-order chi connectivity index (χ1) is 12.1. The van der Waals surface area contributed by atoms with Crippen molar-refractivity contribution in [3.05, 3.63) is 57.7 Å². The SMILES string of the molecule is O=C1C2=C3CCC(C3)C2C(=O)N1c1ccc([N+](=O)[O-])c2ccccc12. The van der Waals surface area contributed by atoms with Crippen LogP contribution in [0.4, 0.5) is 11.4 Å². The normalized spacial score (nSPS) is 24.6. The molecule has 6 heteroatoms. The van der Waals surface area contributed by atoms with Crippen LogP contribution in [-0.2, 0) is 9.59 Å². The highest BCUT2D eigenvalue weighted by Crippen LogP contribution is 2.53. The first-order valence-corrected chi connectivity index (χ1v) is 8.34. The maximum absolute atomic E-state index is 13.0. The van der Waals surface area contributed by atoms with E-state index in [0.29, 0.717) is 22.0 Å². The van der Waals surface area contributed by atoms with Gasteiger partial charge in [-0.05, 0) is 37.3 Å². The van der Waals surface area contributed by atoms with Gasteiger partial charge in [0, 0.05) is 17.0 Å². The van der Waals surface area contributed by atoms with Gasteiger partial charge in [0.15, 0.2) is 0 Å². The van der Waals surface area contributed by atoms with E-state index in [1.165, 1.54) is 17.0 Å². The van der Waals surface area contributed by atoms with Gasteiger partial charge in [0.25, 0.3) is 11.6 Å². The van der Waals surface area contributed by atoms with E-state index < -0.39 is 4.92 Å². The molecular weight excluding hydrogens is 320 g/mol. The smallest absolute Gasteiger partial charge is 0.273 e. The molecule has 2 bridgehead atoms. The lowest BCUT2D eigenvalue weighted by Gasteiger charge is -2.18. The molecule has 1 saturated heterocycles. The van der Waals surface area contributed by atoms with Gasteiger partial charge in [-0.3, -0.25) is 19.7 Å². The number of nitro benzene ring substituents is 1. The van der Waals surface area contributed by atoms with Crippen LogP contribution in [0.2, 0.25) is 0 Å². The molecule has 1 saturated carbocycles. The second-order valence-electron chi connectivity index (χ2n) is 6.88. The summed E-state index contributed by atoms with van der Waals surface area (Å²) in [6.07, 6.45) is 2.74. The number of nitro groups is 1. The zero-order chi connectivity index (χ0) is 17.3. The van der Waals surface area contributed by atoms with Gasteiger partial charge in [-0.2, -0.15) is 0 Å². The number of hydrogen-bond acceptors (Lipinski definition) is 4. The molecule has 25 heavy (non-hydrogen) atoms. The summed E-state index contributed by atoms with van der Waals surface area (Å²) in [5, 5.41) is 12.3. The second kappa shape index (κ2) is 4.75. The van der Waals surface area contributed by atoms with Gasteiger partial charge in [0.2, 0.25) is 5.91 Å².